The second-order valence-corrected chi connectivity index (χ2v) is 7.75. The third-order valence-corrected chi connectivity index (χ3v) is 5.01. The zero-order valence-electron chi connectivity index (χ0n) is 18.5. The van der Waals surface area contributed by atoms with E-state index in [4.69, 9.17) is 17.2 Å². The van der Waals surface area contributed by atoms with E-state index in [1.165, 1.54) is 0 Å². The van der Waals surface area contributed by atoms with Crippen molar-refractivity contribution in [2.75, 3.05) is 6.54 Å². The van der Waals surface area contributed by atoms with Gasteiger partial charge < -0.3 is 32.6 Å². The first-order chi connectivity index (χ1) is 15.9. The summed E-state index contributed by atoms with van der Waals surface area (Å²) in [4.78, 5) is 41.1. The van der Waals surface area contributed by atoms with Crippen molar-refractivity contribution in [3.8, 4) is 0 Å². The number of nitrogens with one attached hydrogen (secondary N) is 2. The quantitative estimate of drug-likeness (QED) is 0.124. The van der Waals surface area contributed by atoms with Crippen LogP contribution in [-0.4, -0.2) is 48.7 Å². The van der Waals surface area contributed by atoms with Crippen molar-refractivity contribution in [2.24, 2.45) is 22.2 Å². The SMILES string of the molecule is NC(N)=NCCC[C@@H](C=O)NC(=O)[C@H](Cc1ccccc1)NC(=O)[C@@H](N)Cc1ccccc1. The highest BCUT2D eigenvalue weighted by Gasteiger charge is 2.26. The first-order valence-electron chi connectivity index (χ1n) is 10.8. The summed E-state index contributed by atoms with van der Waals surface area (Å²) in [5.41, 5.74) is 18.5. The number of amides is 2. The fourth-order valence-corrected chi connectivity index (χ4v) is 3.28. The van der Waals surface area contributed by atoms with Crippen LogP contribution in [0.1, 0.15) is 24.0 Å². The number of hydrogen-bond donors (Lipinski definition) is 5. The minimum Gasteiger partial charge on any atom is -0.370 e. The largest absolute Gasteiger partial charge is 0.370 e. The highest BCUT2D eigenvalue weighted by molar-refractivity contribution is 5.91. The lowest BCUT2D eigenvalue weighted by atomic mass is 10.0. The Labute approximate surface area is 193 Å². The smallest absolute Gasteiger partial charge is 0.243 e. The molecule has 0 aliphatic rings. The molecule has 9 nitrogen and oxygen atoms in total. The summed E-state index contributed by atoms with van der Waals surface area (Å²) >= 11 is 0. The first-order valence-corrected chi connectivity index (χ1v) is 10.8. The van der Waals surface area contributed by atoms with Crippen LogP contribution in [0.25, 0.3) is 0 Å². The molecule has 2 aromatic carbocycles. The average molecular weight is 453 g/mol. The molecule has 0 aliphatic carbocycles. The number of aldehydes is 1. The van der Waals surface area contributed by atoms with Gasteiger partial charge in [0.25, 0.3) is 0 Å². The Morgan fingerprint density at radius 2 is 1.45 bits per heavy atom. The molecule has 0 heterocycles. The summed E-state index contributed by atoms with van der Waals surface area (Å²) in [6.07, 6.45) is 2.14. The number of hydrogen-bond acceptors (Lipinski definition) is 5. The molecule has 0 saturated carbocycles. The third kappa shape index (κ3) is 9.53. The number of rotatable bonds is 13. The molecule has 9 heteroatoms. The number of nitrogens with zero attached hydrogens (tertiary/aromatic N) is 1. The number of aliphatic imine (C=N–C) groups is 1. The molecule has 0 aliphatic heterocycles. The molecule has 176 valence electrons. The van der Waals surface area contributed by atoms with Crippen molar-refractivity contribution in [2.45, 2.75) is 43.8 Å². The molecule has 0 fully saturated rings. The molecule has 0 saturated heterocycles. The minimum absolute atomic E-state index is 0.0285. The summed E-state index contributed by atoms with van der Waals surface area (Å²) < 4.78 is 0. The van der Waals surface area contributed by atoms with Gasteiger partial charge in [-0.05, 0) is 30.4 Å². The zero-order chi connectivity index (χ0) is 24.1. The summed E-state index contributed by atoms with van der Waals surface area (Å²) in [5, 5.41) is 5.45. The van der Waals surface area contributed by atoms with Gasteiger partial charge in [0.1, 0.15) is 12.3 Å². The predicted octanol–water partition coefficient (Wildman–Crippen LogP) is 0.0212. The first kappa shape index (κ1) is 25.5. The molecular formula is C24H32N6O3. The molecule has 2 amide bonds. The van der Waals surface area contributed by atoms with Crippen molar-refractivity contribution >= 4 is 24.1 Å². The van der Waals surface area contributed by atoms with E-state index in [9.17, 15) is 14.4 Å². The van der Waals surface area contributed by atoms with E-state index in [-0.39, 0.29) is 12.4 Å². The van der Waals surface area contributed by atoms with E-state index >= 15 is 0 Å². The number of carbonyl (C=O) groups is 3. The lowest BCUT2D eigenvalue weighted by Gasteiger charge is -2.23. The molecule has 3 atom stereocenters. The maximum Gasteiger partial charge on any atom is 0.243 e. The van der Waals surface area contributed by atoms with Crippen LogP contribution in [-0.2, 0) is 27.2 Å². The van der Waals surface area contributed by atoms with Crippen LogP contribution >= 0.6 is 0 Å². The Kier molecular flexibility index (Phi) is 10.6. The van der Waals surface area contributed by atoms with Gasteiger partial charge in [-0.25, -0.2) is 0 Å². The van der Waals surface area contributed by atoms with Gasteiger partial charge in [0.2, 0.25) is 11.8 Å². The van der Waals surface area contributed by atoms with Crippen molar-refractivity contribution in [1.82, 2.24) is 10.6 Å². The van der Waals surface area contributed by atoms with Crippen LogP contribution in [0, 0.1) is 0 Å². The lowest BCUT2D eigenvalue weighted by molar-refractivity contribution is -0.130. The zero-order valence-corrected chi connectivity index (χ0v) is 18.5. The Hall–Kier alpha value is -3.72. The number of guanidine groups is 1. The van der Waals surface area contributed by atoms with Crippen molar-refractivity contribution in [3.05, 3.63) is 71.8 Å². The van der Waals surface area contributed by atoms with Crippen molar-refractivity contribution in [1.29, 1.82) is 0 Å². The maximum atomic E-state index is 13.0. The third-order valence-electron chi connectivity index (χ3n) is 5.01. The van der Waals surface area contributed by atoms with Crippen LogP contribution < -0.4 is 27.8 Å². The van der Waals surface area contributed by atoms with Crippen LogP contribution in [0.2, 0.25) is 0 Å². The van der Waals surface area contributed by atoms with Crippen LogP contribution in [0.5, 0.6) is 0 Å². The predicted molar refractivity (Wildman–Crippen MR) is 128 cm³/mol. The molecule has 0 unspecified atom stereocenters. The van der Waals surface area contributed by atoms with Gasteiger partial charge in [0.15, 0.2) is 5.96 Å². The molecule has 33 heavy (non-hydrogen) atoms. The number of benzene rings is 2. The van der Waals surface area contributed by atoms with Crippen LogP contribution in [0.4, 0.5) is 0 Å². The van der Waals surface area contributed by atoms with Crippen molar-refractivity contribution < 1.29 is 14.4 Å². The summed E-state index contributed by atoms with van der Waals surface area (Å²) in [7, 11) is 0. The van der Waals surface area contributed by atoms with Crippen LogP contribution in [0.15, 0.2) is 65.7 Å². The van der Waals surface area contributed by atoms with Gasteiger partial charge in [-0.1, -0.05) is 60.7 Å². The number of carbonyl (C=O) groups excluding carboxylic acids is 3. The van der Waals surface area contributed by atoms with E-state index in [1.807, 2.05) is 60.7 Å². The second-order valence-electron chi connectivity index (χ2n) is 7.75. The molecular weight excluding hydrogens is 420 g/mol. The Morgan fingerprint density at radius 1 is 0.879 bits per heavy atom. The molecule has 8 N–H and O–H groups in total. The van der Waals surface area contributed by atoms with Crippen LogP contribution in [0.3, 0.4) is 0 Å². The minimum atomic E-state index is -0.887. The van der Waals surface area contributed by atoms with E-state index in [1.54, 1.807) is 0 Å². The van der Waals surface area contributed by atoms with E-state index in [0.29, 0.717) is 32.1 Å². The maximum absolute atomic E-state index is 13.0. The summed E-state index contributed by atoms with van der Waals surface area (Å²) in [5.74, 6) is -0.928. The summed E-state index contributed by atoms with van der Waals surface area (Å²) in [6.45, 7) is 0.348. The highest BCUT2D eigenvalue weighted by Crippen LogP contribution is 2.07. The topological polar surface area (TPSA) is 166 Å². The van der Waals surface area contributed by atoms with E-state index < -0.39 is 29.9 Å². The standard InChI is InChI=1S/C24H32N6O3/c25-20(14-17-8-3-1-4-9-17)22(32)30-21(15-18-10-5-2-6-11-18)23(33)29-19(16-31)12-7-13-28-24(26)27/h1-6,8-11,16,19-21H,7,12-15,25H2,(H,29,33)(H,30,32)(H4,26,27,28)/t19-,20-,21-/m0/s1. The van der Waals surface area contributed by atoms with Gasteiger partial charge in [-0.3, -0.25) is 14.6 Å². The molecule has 0 spiro atoms. The molecule has 0 aromatic heterocycles. The van der Waals surface area contributed by atoms with Gasteiger partial charge in [-0.2, -0.15) is 0 Å². The normalized spacial score (nSPS) is 13.2. The van der Waals surface area contributed by atoms with Crippen molar-refractivity contribution in [3.63, 3.8) is 0 Å². The highest BCUT2D eigenvalue weighted by atomic mass is 16.2. The molecule has 2 aromatic rings. The van der Waals surface area contributed by atoms with E-state index in [2.05, 4.69) is 15.6 Å². The van der Waals surface area contributed by atoms with Gasteiger partial charge >= 0.3 is 0 Å². The Balaban J connectivity index is 2.03. The average Bonchev–Trinajstić information content (AvgIpc) is 2.81. The summed E-state index contributed by atoms with van der Waals surface area (Å²) in [6, 6.07) is 16.3. The van der Waals surface area contributed by atoms with Gasteiger partial charge in [-0.15, -0.1) is 0 Å². The molecule has 0 radical (unpaired) electrons. The second kappa shape index (κ2) is 13.6. The number of nitrogens with two attached hydrogens (primary N) is 3. The van der Waals surface area contributed by atoms with Gasteiger partial charge in [0.05, 0.1) is 12.1 Å². The lowest BCUT2D eigenvalue weighted by Crippen LogP contribution is -2.54. The van der Waals surface area contributed by atoms with E-state index in [0.717, 1.165) is 11.1 Å². The Bertz CT molecular complexity index is 916. The van der Waals surface area contributed by atoms with Gasteiger partial charge in [0, 0.05) is 13.0 Å². The molecule has 0 bridgehead atoms. The Morgan fingerprint density at radius 3 is 2.00 bits per heavy atom. The fraction of sp³-hybridized carbons (Fsp3) is 0.333. The monoisotopic (exact) mass is 452 g/mol. The fourth-order valence-electron chi connectivity index (χ4n) is 3.28. The molecule has 2 rings (SSSR count).